The molecule has 0 aliphatic carbocycles. The summed E-state index contributed by atoms with van der Waals surface area (Å²) in [5, 5.41) is 121. The molecule has 3 fully saturated rings. The number of unbranched alkanes of at least 4 members (excludes halogenated alkanes) is 36. The Kier molecular flexibility index (Phi) is 48.6. The predicted molar refractivity (Wildman–Crippen MR) is 351 cm³/mol. The van der Waals surface area contributed by atoms with Crippen molar-refractivity contribution in [1.29, 1.82) is 0 Å². The number of carbonyl (C=O) groups excluding carboxylic acids is 1. The van der Waals surface area contributed by atoms with Crippen LogP contribution in [0.25, 0.3) is 0 Å². The van der Waals surface area contributed by atoms with E-state index in [0.717, 1.165) is 57.8 Å². The first-order valence-electron chi connectivity index (χ1n) is 36.2. The zero-order chi connectivity index (χ0) is 65.4. The molecule has 19 nitrogen and oxygen atoms in total. The minimum atomic E-state index is -1.98. The fourth-order valence-corrected chi connectivity index (χ4v) is 12.3. The van der Waals surface area contributed by atoms with Gasteiger partial charge in [-0.3, -0.25) is 4.79 Å². The number of hydrogen-bond donors (Lipinski definition) is 12. The average molecular weight is 1290 g/mol. The molecule has 3 heterocycles. The Morgan fingerprint density at radius 1 is 0.400 bits per heavy atom. The van der Waals surface area contributed by atoms with E-state index in [1.165, 1.54) is 193 Å². The number of allylic oxidation sites excluding steroid dienone is 5. The van der Waals surface area contributed by atoms with Crippen LogP contribution in [0.1, 0.15) is 277 Å². The van der Waals surface area contributed by atoms with Crippen LogP contribution in [0, 0.1) is 0 Å². The molecule has 3 aliphatic rings. The predicted octanol–water partition coefficient (Wildman–Crippen LogP) is 10.00. The van der Waals surface area contributed by atoms with E-state index in [0.29, 0.717) is 6.42 Å². The average Bonchev–Trinajstić information content (AvgIpc) is 0.865. The van der Waals surface area contributed by atoms with Gasteiger partial charge < -0.3 is 89.9 Å². The summed E-state index contributed by atoms with van der Waals surface area (Å²) in [6, 6.07) is -0.975. The normalized spacial score (nSPS) is 28.2. The highest BCUT2D eigenvalue weighted by Crippen LogP contribution is 2.33. The van der Waals surface area contributed by atoms with Crippen LogP contribution in [-0.2, 0) is 33.2 Å². The molecular formula is C71H131NO18. The molecule has 0 bridgehead atoms. The number of aliphatic hydroxyl groups is 11. The Morgan fingerprint density at radius 2 is 0.733 bits per heavy atom. The van der Waals surface area contributed by atoms with Gasteiger partial charge in [0.15, 0.2) is 18.9 Å². The van der Waals surface area contributed by atoms with Crippen molar-refractivity contribution in [1.82, 2.24) is 5.32 Å². The maximum Gasteiger partial charge on any atom is 0.220 e. The lowest BCUT2D eigenvalue weighted by Crippen LogP contribution is -2.66. The zero-order valence-electron chi connectivity index (χ0n) is 55.9. The van der Waals surface area contributed by atoms with E-state index in [-0.39, 0.29) is 18.9 Å². The van der Waals surface area contributed by atoms with Crippen molar-refractivity contribution in [3.05, 3.63) is 36.5 Å². The summed E-state index contributed by atoms with van der Waals surface area (Å²) < 4.78 is 34.4. The van der Waals surface area contributed by atoms with Gasteiger partial charge >= 0.3 is 0 Å². The van der Waals surface area contributed by atoms with Gasteiger partial charge in [-0.25, -0.2) is 0 Å². The topological polar surface area (TPSA) is 307 Å². The highest BCUT2D eigenvalue weighted by molar-refractivity contribution is 5.76. The quantitative estimate of drug-likeness (QED) is 0.0199. The number of amides is 1. The maximum absolute atomic E-state index is 13.4. The second-order valence-electron chi connectivity index (χ2n) is 26.1. The molecule has 0 spiro atoms. The molecule has 0 saturated carbocycles. The number of carbonyl (C=O) groups is 1. The summed E-state index contributed by atoms with van der Waals surface area (Å²) in [6.45, 7) is 1.75. The molecule has 0 aromatic heterocycles. The molecular weight excluding hydrogens is 1150 g/mol. The molecule has 3 aliphatic heterocycles. The standard InChI is InChI=1S/C71H131NO18/c1-3-5-7-9-11-13-15-17-19-21-23-25-27-29-31-33-35-37-39-41-43-45-47-49-59(77)72-54(55(76)48-46-44-42-40-38-36-34-32-30-28-26-24-22-20-18-16-14-12-10-8-6-4-2)53-85-69-65(83)62(80)67(57(51-74)87-69)90-71-66(84)63(81)68(58(52-75)88-71)89-70-64(82)61(79)60(78)56(50-73)86-70/h15,17,21,23,46,48,54-58,60-71,73-76,78-84H,3-14,16,18-20,22,24-45,47,49-53H2,1-2H3,(H,72,77)/b17-15-,23-21-,48-46+. The minimum Gasteiger partial charge on any atom is -0.394 e. The van der Waals surface area contributed by atoms with Gasteiger partial charge in [0.25, 0.3) is 0 Å². The smallest absolute Gasteiger partial charge is 0.220 e. The number of rotatable bonds is 56. The first-order valence-corrected chi connectivity index (χ1v) is 36.2. The minimum absolute atomic E-state index is 0.242. The van der Waals surface area contributed by atoms with Gasteiger partial charge in [-0.15, -0.1) is 0 Å². The van der Waals surface area contributed by atoms with Crippen molar-refractivity contribution in [2.45, 2.75) is 381 Å². The van der Waals surface area contributed by atoms with Crippen LogP contribution in [-0.4, -0.2) is 193 Å². The van der Waals surface area contributed by atoms with Crippen LogP contribution in [0.3, 0.4) is 0 Å². The molecule has 3 rings (SSSR count). The molecule has 3 saturated heterocycles. The summed E-state index contributed by atoms with van der Waals surface area (Å²) in [6.07, 6.45) is 35.4. The summed E-state index contributed by atoms with van der Waals surface area (Å²) >= 11 is 0. The van der Waals surface area contributed by atoms with E-state index in [1.807, 2.05) is 6.08 Å². The van der Waals surface area contributed by atoms with Crippen molar-refractivity contribution in [2.24, 2.45) is 0 Å². The third-order valence-corrected chi connectivity index (χ3v) is 18.2. The van der Waals surface area contributed by atoms with E-state index in [4.69, 9.17) is 28.4 Å². The number of aliphatic hydroxyl groups excluding tert-OH is 11. The Bertz CT molecular complexity index is 1780. The Labute approximate surface area is 542 Å². The largest absolute Gasteiger partial charge is 0.394 e. The van der Waals surface area contributed by atoms with Gasteiger partial charge in [0.2, 0.25) is 5.91 Å². The number of nitrogens with one attached hydrogen (secondary N) is 1. The number of ether oxygens (including phenoxy) is 6. The van der Waals surface area contributed by atoms with Gasteiger partial charge in [0.1, 0.15) is 73.2 Å². The van der Waals surface area contributed by atoms with Crippen LogP contribution in [0.2, 0.25) is 0 Å². The summed E-state index contributed by atoms with van der Waals surface area (Å²) in [4.78, 5) is 13.4. The van der Waals surface area contributed by atoms with Crippen molar-refractivity contribution in [2.75, 3.05) is 26.4 Å². The molecule has 19 heteroatoms. The SMILES string of the molecule is CCCCCCC/C=C\C/C=C\CCCCCCCCCCCCCC(=O)NC(COC1OC(CO)C(OC2OC(CO)C(OC3OC(CO)C(O)C(O)C3O)C(O)C2O)C(O)C1O)C(O)/C=C/CCCCCCCCCCCCCCCCCCCCCC. The molecule has 17 unspecified atom stereocenters. The van der Waals surface area contributed by atoms with E-state index in [1.54, 1.807) is 6.08 Å². The molecule has 90 heavy (non-hydrogen) atoms. The second-order valence-corrected chi connectivity index (χ2v) is 26.1. The van der Waals surface area contributed by atoms with Crippen LogP contribution >= 0.6 is 0 Å². The zero-order valence-corrected chi connectivity index (χ0v) is 55.9. The molecule has 0 aromatic rings. The van der Waals surface area contributed by atoms with Crippen LogP contribution in [0.15, 0.2) is 36.5 Å². The summed E-state index contributed by atoms with van der Waals surface area (Å²) in [7, 11) is 0. The summed E-state index contributed by atoms with van der Waals surface area (Å²) in [5.41, 5.74) is 0. The fraction of sp³-hybridized carbons (Fsp3) is 0.901. The summed E-state index contributed by atoms with van der Waals surface area (Å²) in [5.74, 6) is -0.275. The first-order chi connectivity index (χ1) is 43.8. The van der Waals surface area contributed by atoms with Gasteiger partial charge in [-0.2, -0.15) is 0 Å². The Morgan fingerprint density at radius 3 is 1.13 bits per heavy atom. The van der Waals surface area contributed by atoms with Gasteiger partial charge in [-0.1, -0.05) is 256 Å². The van der Waals surface area contributed by atoms with Crippen LogP contribution in [0.4, 0.5) is 0 Å². The van der Waals surface area contributed by atoms with Crippen molar-refractivity contribution >= 4 is 5.91 Å². The van der Waals surface area contributed by atoms with E-state index in [2.05, 4.69) is 43.5 Å². The van der Waals surface area contributed by atoms with E-state index >= 15 is 0 Å². The first kappa shape index (κ1) is 82.2. The van der Waals surface area contributed by atoms with E-state index in [9.17, 15) is 61.0 Å². The van der Waals surface area contributed by atoms with Gasteiger partial charge in [-0.05, 0) is 51.4 Å². The molecule has 17 atom stereocenters. The lowest BCUT2D eigenvalue weighted by atomic mass is 9.96. The monoisotopic (exact) mass is 1290 g/mol. The maximum atomic E-state index is 13.4. The van der Waals surface area contributed by atoms with Crippen molar-refractivity contribution in [3.8, 4) is 0 Å². The number of hydrogen-bond acceptors (Lipinski definition) is 18. The Balaban J connectivity index is 1.43. The second kappa shape index (κ2) is 53.2. The third kappa shape index (κ3) is 34.6. The molecule has 0 aromatic carbocycles. The Hall–Kier alpha value is -1.99. The van der Waals surface area contributed by atoms with Gasteiger partial charge in [0, 0.05) is 6.42 Å². The van der Waals surface area contributed by atoms with Gasteiger partial charge in [0.05, 0.1) is 38.6 Å². The lowest BCUT2D eigenvalue weighted by molar-refractivity contribution is -0.379. The molecule has 1 amide bonds. The van der Waals surface area contributed by atoms with E-state index < -0.39 is 124 Å². The third-order valence-electron chi connectivity index (χ3n) is 18.2. The molecule has 0 radical (unpaired) electrons. The van der Waals surface area contributed by atoms with Crippen LogP contribution < -0.4 is 5.32 Å². The highest BCUT2D eigenvalue weighted by Gasteiger charge is 2.53. The van der Waals surface area contributed by atoms with Crippen LogP contribution in [0.5, 0.6) is 0 Å². The molecule has 528 valence electrons. The highest BCUT2D eigenvalue weighted by atomic mass is 16.8. The van der Waals surface area contributed by atoms with Crippen molar-refractivity contribution < 1.29 is 89.4 Å². The fourth-order valence-electron chi connectivity index (χ4n) is 12.3. The lowest BCUT2D eigenvalue weighted by Gasteiger charge is -2.48. The molecule has 12 N–H and O–H groups in total. The van der Waals surface area contributed by atoms with Crippen molar-refractivity contribution in [3.63, 3.8) is 0 Å².